The first-order valence-electron chi connectivity index (χ1n) is 12.0. The van der Waals surface area contributed by atoms with Crippen LogP contribution in [0.1, 0.15) is 57.6 Å². The Bertz CT molecular complexity index is 973. The molecule has 1 saturated heterocycles. The molecule has 3 atom stereocenters. The van der Waals surface area contributed by atoms with E-state index in [0.29, 0.717) is 18.3 Å². The van der Waals surface area contributed by atoms with Gasteiger partial charge in [-0.2, -0.15) is 14.6 Å². The second kappa shape index (κ2) is 10.4. The molecule has 33 heavy (non-hydrogen) atoms. The van der Waals surface area contributed by atoms with Crippen molar-refractivity contribution in [2.45, 2.75) is 63.5 Å². The number of rotatable bonds is 9. The number of fused-ring (bicyclic) bond motifs is 1. The standard InChI is InChI=1S/C24H36N6O2S/c1-4-5-18-6-7-20(15-18)24(3,33-25)10-13-32-22(31)19-8-11-29(12-9-19)21-14-17(2)28-23-26-16-27-30(21)23/h4,14,16,18-20H,1,5-13,15,25H2,2-3H3. The number of aromatic nitrogens is 4. The highest BCUT2D eigenvalue weighted by atomic mass is 32.2. The van der Waals surface area contributed by atoms with Crippen LogP contribution in [0.3, 0.4) is 0 Å². The van der Waals surface area contributed by atoms with Gasteiger partial charge >= 0.3 is 5.97 Å². The van der Waals surface area contributed by atoms with E-state index >= 15 is 0 Å². The molecule has 0 radical (unpaired) electrons. The van der Waals surface area contributed by atoms with Gasteiger partial charge < -0.3 is 9.64 Å². The lowest BCUT2D eigenvalue weighted by molar-refractivity contribution is -0.149. The fourth-order valence-corrected chi connectivity index (χ4v) is 6.00. The monoisotopic (exact) mass is 472 g/mol. The molecule has 0 aromatic carbocycles. The fraction of sp³-hybridized carbons (Fsp3) is 0.667. The van der Waals surface area contributed by atoms with Crippen molar-refractivity contribution in [1.82, 2.24) is 19.6 Å². The lowest BCUT2D eigenvalue weighted by Gasteiger charge is -2.34. The van der Waals surface area contributed by atoms with Crippen molar-refractivity contribution in [3.8, 4) is 0 Å². The number of allylic oxidation sites excluding steroid dienone is 1. The predicted octanol–water partition coefficient (Wildman–Crippen LogP) is 3.94. The molecule has 4 rings (SSSR count). The van der Waals surface area contributed by atoms with Gasteiger partial charge in [-0.15, -0.1) is 6.58 Å². The third-order valence-corrected chi connectivity index (χ3v) is 8.61. The molecule has 3 heterocycles. The summed E-state index contributed by atoms with van der Waals surface area (Å²) in [5.41, 5.74) is 0.908. The largest absolute Gasteiger partial charge is 0.465 e. The summed E-state index contributed by atoms with van der Waals surface area (Å²) in [4.78, 5) is 23.6. The van der Waals surface area contributed by atoms with E-state index in [1.54, 1.807) is 4.52 Å². The van der Waals surface area contributed by atoms with Crippen molar-refractivity contribution in [3.05, 3.63) is 30.7 Å². The molecule has 0 bridgehead atoms. The van der Waals surface area contributed by atoms with Crippen LogP contribution in [0.5, 0.6) is 0 Å². The van der Waals surface area contributed by atoms with Gasteiger partial charge in [0.05, 0.1) is 12.5 Å². The van der Waals surface area contributed by atoms with Crippen LogP contribution >= 0.6 is 11.9 Å². The van der Waals surface area contributed by atoms with Crippen LogP contribution in [0, 0.1) is 24.7 Å². The third-order valence-electron chi connectivity index (χ3n) is 7.53. The molecule has 0 spiro atoms. The highest BCUT2D eigenvalue weighted by Gasteiger charge is 2.39. The van der Waals surface area contributed by atoms with E-state index in [1.807, 2.05) is 19.1 Å². The summed E-state index contributed by atoms with van der Waals surface area (Å²) >= 11 is 1.44. The van der Waals surface area contributed by atoms with E-state index in [1.165, 1.54) is 37.5 Å². The maximum absolute atomic E-state index is 12.8. The Labute approximate surface area is 200 Å². The minimum atomic E-state index is -0.0770. The van der Waals surface area contributed by atoms with Crippen molar-refractivity contribution in [1.29, 1.82) is 0 Å². The average Bonchev–Trinajstić information content (AvgIpc) is 3.48. The summed E-state index contributed by atoms with van der Waals surface area (Å²) in [5.74, 6) is 2.73. The molecule has 9 heteroatoms. The van der Waals surface area contributed by atoms with Crippen LogP contribution < -0.4 is 10.0 Å². The smallest absolute Gasteiger partial charge is 0.309 e. The maximum Gasteiger partial charge on any atom is 0.309 e. The summed E-state index contributed by atoms with van der Waals surface area (Å²) in [6.07, 6.45) is 10.6. The lowest BCUT2D eigenvalue weighted by atomic mass is 9.87. The average molecular weight is 473 g/mol. The topological polar surface area (TPSA) is 98.6 Å². The normalized spacial score (nSPS) is 23.5. The third kappa shape index (κ3) is 5.35. The van der Waals surface area contributed by atoms with Crippen LogP contribution in [0.2, 0.25) is 0 Å². The van der Waals surface area contributed by atoms with Crippen LogP contribution in [0.15, 0.2) is 25.0 Å². The molecule has 3 unspecified atom stereocenters. The van der Waals surface area contributed by atoms with Crippen molar-refractivity contribution < 1.29 is 9.53 Å². The molecule has 2 N–H and O–H groups in total. The second-order valence-electron chi connectivity index (χ2n) is 9.74. The van der Waals surface area contributed by atoms with Crippen molar-refractivity contribution in [2.75, 3.05) is 24.6 Å². The van der Waals surface area contributed by atoms with Gasteiger partial charge in [0.25, 0.3) is 5.78 Å². The first kappa shape index (κ1) is 24.0. The number of carbonyl (C=O) groups excluding carboxylic acids is 1. The van der Waals surface area contributed by atoms with Crippen molar-refractivity contribution >= 4 is 29.5 Å². The molecule has 0 amide bonds. The number of hydrogen-bond donors (Lipinski definition) is 1. The molecular formula is C24H36N6O2S. The van der Waals surface area contributed by atoms with Gasteiger partial charge in [0, 0.05) is 29.6 Å². The number of carbonyl (C=O) groups is 1. The molecule has 2 aliphatic rings. The summed E-state index contributed by atoms with van der Waals surface area (Å²) in [5, 5.41) is 10.4. The SMILES string of the molecule is C=CCC1CCC(C(C)(CCOC(=O)C2CCN(c3cc(C)nc4ncnn34)CC2)SN)C1. The first-order chi connectivity index (χ1) is 15.9. The molecule has 1 aliphatic heterocycles. The predicted molar refractivity (Wildman–Crippen MR) is 132 cm³/mol. The van der Waals surface area contributed by atoms with E-state index < -0.39 is 0 Å². The van der Waals surface area contributed by atoms with E-state index in [2.05, 4.69) is 33.5 Å². The first-order valence-corrected chi connectivity index (χ1v) is 12.9. The number of anilines is 1. The van der Waals surface area contributed by atoms with Gasteiger partial charge in [-0.25, -0.2) is 4.98 Å². The van der Waals surface area contributed by atoms with Crippen LogP contribution in [0.4, 0.5) is 5.82 Å². The Morgan fingerprint density at radius 2 is 2.15 bits per heavy atom. The van der Waals surface area contributed by atoms with Crippen LogP contribution in [-0.4, -0.2) is 50.0 Å². The van der Waals surface area contributed by atoms with Gasteiger partial charge in [0.1, 0.15) is 12.1 Å². The highest BCUT2D eigenvalue weighted by molar-refractivity contribution is 7.98. The molecule has 2 fully saturated rings. The van der Waals surface area contributed by atoms with Gasteiger partial charge in [0.2, 0.25) is 0 Å². The maximum atomic E-state index is 12.8. The minimum Gasteiger partial charge on any atom is -0.465 e. The molecule has 180 valence electrons. The molecule has 2 aromatic heterocycles. The Morgan fingerprint density at radius 3 is 2.88 bits per heavy atom. The number of piperidine rings is 1. The fourth-order valence-electron chi connectivity index (χ4n) is 5.39. The second-order valence-corrected chi connectivity index (χ2v) is 10.9. The summed E-state index contributed by atoms with van der Waals surface area (Å²) in [6, 6.07) is 2.02. The number of esters is 1. The summed E-state index contributed by atoms with van der Waals surface area (Å²) in [6.45, 7) is 10.1. The Morgan fingerprint density at radius 1 is 1.36 bits per heavy atom. The van der Waals surface area contributed by atoms with Crippen molar-refractivity contribution in [2.24, 2.45) is 22.9 Å². The van der Waals surface area contributed by atoms with E-state index in [-0.39, 0.29) is 16.6 Å². The van der Waals surface area contributed by atoms with Crippen LogP contribution in [-0.2, 0) is 9.53 Å². The number of hydrogen-bond acceptors (Lipinski definition) is 8. The van der Waals surface area contributed by atoms with E-state index in [4.69, 9.17) is 9.88 Å². The zero-order chi connectivity index (χ0) is 23.4. The van der Waals surface area contributed by atoms with Crippen molar-refractivity contribution in [3.63, 3.8) is 0 Å². The molecule has 8 nitrogen and oxygen atoms in total. The number of aryl methyl sites for hydroxylation is 1. The summed E-state index contributed by atoms with van der Waals surface area (Å²) in [7, 11) is 0. The highest BCUT2D eigenvalue weighted by Crippen LogP contribution is 2.45. The van der Waals surface area contributed by atoms with Gasteiger partial charge in [-0.1, -0.05) is 18.0 Å². The van der Waals surface area contributed by atoms with E-state index in [0.717, 1.165) is 56.2 Å². The Balaban J connectivity index is 1.26. The quantitative estimate of drug-likeness (QED) is 0.333. The van der Waals surface area contributed by atoms with Gasteiger partial charge in [0.15, 0.2) is 0 Å². The summed E-state index contributed by atoms with van der Waals surface area (Å²) < 4.78 is 7.46. The number of ether oxygens (including phenoxy) is 1. The zero-order valence-corrected chi connectivity index (χ0v) is 20.6. The minimum absolute atomic E-state index is 0.0536. The van der Waals surface area contributed by atoms with Gasteiger partial charge in [-0.05, 0) is 70.6 Å². The molecule has 2 aromatic rings. The Kier molecular flexibility index (Phi) is 7.58. The Hall–Kier alpha value is -2.13. The van der Waals surface area contributed by atoms with Gasteiger partial charge in [-0.3, -0.25) is 9.93 Å². The lowest BCUT2D eigenvalue weighted by Crippen LogP contribution is -2.38. The number of nitrogens with zero attached hydrogens (tertiary/aromatic N) is 5. The number of nitrogens with two attached hydrogens (primary N) is 1. The van der Waals surface area contributed by atoms with E-state index in [9.17, 15) is 4.79 Å². The molecular weight excluding hydrogens is 436 g/mol. The molecule has 1 aliphatic carbocycles. The molecule has 1 saturated carbocycles. The van der Waals surface area contributed by atoms with Crippen LogP contribution in [0.25, 0.3) is 5.78 Å². The zero-order valence-electron chi connectivity index (χ0n) is 19.8.